The van der Waals surface area contributed by atoms with Gasteiger partial charge in [0.15, 0.2) is 0 Å². The predicted octanol–water partition coefficient (Wildman–Crippen LogP) is 3.24. The van der Waals surface area contributed by atoms with Crippen molar-refractivity contribution < 1.29 is 0 Å². The first-order valence-electron chi connectivity index (χ1n) is 6.18. The van der Waals surface area contributed by atoms with E-state index in [4.69, 9.17) is 5.26 Å². The minimum absolute atomic E-state index is 0.570. The van der Waals surface area contributed by atoms with Crippen LogP contribution in [-0.2, 0) is 6.54 Å². The van der Waals surface area contributed by atoms with Crippen molar-refractivity contribution in [3.8, 4) is 17.3 Å². The van der Waals surface area contributed by atoms with Crippen molar-refractivity contribution >= 4 is 11.3 Å². The Balaban J connectivity index is 1.82. The standard InChI is InChI=1S/C15H12N4S/c1-11-3-2-4-13(5-11)14-10-20-15(18-14)9-19-8-12(6-16)7-17-19/h2-5,7-8,10H,9H2,1H3. The first kappa shape index (κ1) is 12.6. The maximum absolute atomic E-state index is 8.78. The van der Waals surface area contributed by atoms with Crippen LogP contribution < -0.4 is 0 Å². The van der Waals surface area contributed by atoms with E-state index in [2.05, 4.69) is 46.7 Å². The number of aromatic nitrogens is 3. The van der Waals surface area contributed by atoms with Crippen LogP contribution >= 0.6 is 11.3 Å². The predicted molar refractivity (Wildman–Crippen MR) is 78.3 cm³/mol. The number of hydrogen-bond acceptors (Lipinski definition) is 4. The molecule has 0 spiro atoms. The molecular weight excluding hydrogens is 268 g/mol. The minimum Gasteiger partial charge on any atom is -0.265 e. The summed E-state index contributed by atoms with van der Waals surface area (Å²) < 4.78 is 1.73. The van der Waals surface area contributed by atoms with Gasteiger partial charge in [-0.1, -0.05) is 23.8 Å². The molecule has 0 saturated heterocycles. The second kappa shape index (κ2) is 5.27. The molecule has 3 aromatic rings. The Morgan fingerprint density at radius 3 is 3.05 bits per heavy atom. The molecule has 0 aliphatic rings. The number of rotatable bonds is 3. The summed E-state index contributed by atoms with van der Waals surface area (Å²) in [5.74, 6) is 0. The van der Waals surface area contributed by atoms with E-state index in [0.29, 0.717) is 12.1 Å². The molecule has 98 valence electrons. The molecule has 2 aromatic heterocycles. The molecule has 0 atom stereocenters. The van der Waals surface area contributed by atoms with Gasteiger partial charge in [-0.05, 0) is 13.0 Å². The molecular formula is C15H12N4S. The lowest BCUT2D eigenvalue weighted by atomic mass is 10.1. The summed E-state index contributed by atoms with van der Waals surface area (Å²) in [7, 11) is 0. The van der Waals surface area contributed by atoms with Gasteiger partial charge in [0.25, 0.3) is 0 Å². The minimum atomic E-state index is 0.570. The van der Waals surface area contributed by atoms with Crippen LogP contribution in [0.1, 0.15) is 16.1 Å². The first-order valence-corrected chi connectivity index (χ1v) is 7.06. The quantitative estimate of drug-likeness (QED) is 0.740. The number of thiazole rings is 1. The topological polar surface area (TPSA) is 54.5 Å². The van der Waals surface area contributed by atoms with Crippen molar-refractivity contribution in [3.63, 3.8) is 0 Å². The Hall–Kier alpha value is -2.45. The molecule has 0 bridgehead atoms. The summed E-state index contributed by atoms with van der Waals surface area (Å²) in [6, 6.07) is 10.4. The molecule has 0 aliphatic carbocycles. The van der Waals surface area contributed by atoms with Crippen molar-refractivity contribution in [3.05, 3.63) is 58.2 Å². The number of aryl methyl sites for hydroxylation is 1. The monoisotopic (exact) mass is 280 g/mol. The summed E-state index contributed by atoms with van der Waals surface area (Å²) in [4.78, 5) is 4.63. The van der Waals surface area contributed by atoms with Gasteiger partial charge in [-0.3, -0.25) is 4.68 Å². The van der Waals surface area contributed by atoms with Crippen LogP contribution in [0.25, 0.3) is 11.3 Å². The fourth-order valence-electron chi connectivity index (χ4n) is 1.97. The third kappa shape index (κ3) is 2.60. The molecule has 0 radical (unpaired) electrons. The van der Waals surface area contributed by atoms with Crippen LogP contribution in [-0.4, -0.2) is 14.8 Å². The largest absolute Gasteiger partial charge is 0.265 e. The fourth-order valence-corrected chi connectivity index (χ4v) is 2.76. The molecule has 0 unspecified atom stereocenters. The summed E-state index contributed by atoms with van der Waals surface area (Å²) in [6.45, 7) is 2.67. The van der Waals surface area contributed by atoms with Crippen molar-refractivity contribution in [2.45, 2.75) is 13.5 Å². The molecule has 20 heavy (non-hydrogen) atoms. The van der Waals surface area contributed by atoms with Crippen LogP contribution in [0, 0.1) is 18.3 Å². The molecule has 0 saturated carbocycles. The molecule has 3 rings (SSSR count). The van der Waals surface area contributed by atoms with E-state index in [1.807, 2.05) is 6.07 Å². The van der Waals surface area contributed by atoms with Gasteiger partial charge in [-0.2, -0.15) is 10.4 Å². The highest BCUT2D eigenvalue weighted by Gasteiger charge is 2.06. The van der Waals surface area contributed by atoms with Gasteiger partial charge in [-0.15, -0.1) is 11.3 Å². The molecule has 5 heteroatoms. The molecule has 4 nitrogen and oxygen atoms in total. The molecule has 0 N–H and O–H groups in total. The first-order chi connectivity index (χ1) is 9.74. The Morgan fingerprint density at radius 2 is 2.30 bits per heavy atom. The van der Waals surface area contributed by atoms with Crippen LogP contribution in [0.15, 0.2) is 42.0 Å². The lowest BCUT2D eigenvalue weighted by Crippen LogP contribution is -1.99. The normalized spacial score (nSPS) is 10.4. The van der Waals surface area contributed by atoms with Crippen LogP contribution in [0.2, 0.25) is 0 Å². The van der Waals surface area contributed by atoms with E-state index < -0.39 is 0 Å². The number of nitriles is 1. The highest BCUT2D eigenvalue weighted by atomic mass is 32.1. The van der Waals surface area contributed by atoms with Crippen molar-refractivity contribution in [2.24, 2.45) is 0 Å². The second-order valence-corrected chi connectivity index (χ2v) is 5.48. The molecule has 0 amide bonds. The fraction of sp³-hybridized carbons (Fsp3) is 0.133. The molecule has 1 aromatic carbocycles. The van der Waals surface area contributed by atoms with Gasteiger partial charge < -0.3 is 0 Å². The Labute approximate surface area is 121 Å². The zero-order chi connectivity index (χ0) is 13.9. The van der Waals surface area contributed by atoms with Gasteiger partial charge in [0.2, 0.25) is 0 Å². The van der Waals surface area contributed by atoms with Crippen LogP contribution in [0.4, 0.5) is 0 Å². The van der Waals surface area contributed by atoms with E-state index in [-0.39, 0.29) is 0 Å². The summed E-state index contributed by atoms with van der Waals surface area (Å²) >= 11 is 1.61. The third-order valence-corrected chi connectivity index (χ3v) is 3.76. The Bertz CT molecular complexity index is 779. The van der Waals surface area contributed by atoms with E-state index in [1.165, 1.54) is 5.56 Å². The average Bonchev–Trinajstić information content (AvgIpc) is 3.08. The number of hydrogen-bond donors (Lipinski definition) is 0. The smallest absolute Gasteiger partial charge is 0.115 e. The second-order valence-electron chi connectivity index (χ2n) is 4.53. The summed E-state index contributed by atoms with van der Waals surface area (Å²) in [5, 5.41) is 16.0. The van der Waals surface area contributed by atoms with Crippen LogP contribution in [0.5, 0.6) is 0 Å². The Morgan fingerprint density at radius 1 is 1.40 bits per heavy atom. The van der Waals surface area contributed by atoms with Gasteiger partial charge in [-0.25, -0.2) is 4.98 Å². The SMILES string of the molecule is Cc1cccc(-c2csc(Cn3cc(C#N)cn3)n2)c1. The third-order valence-electron chi connectivity index (χ3n) is 2.93. The van der Waals surface area contributed by atoms with Gasteiger partial charge >= 0.3 is 0 Å². The summed E-state index contributed by atoms with van der Waals surface area (Å²) in [5.41, 5.74) is 3.91. The molecule has 0 aliphatic heterocycles. The maximum atomic E-state index is 8.78. The molecule has 2 heterocycles. The number of benzene rings is 1. The maximum Gasteiger partial charge on any atom is 0.115 e. The van der Waals surface area contributed by atoms with E-state index in [0.717, 1.165) is 16.3 Å². The summed E-state index contributed by atoms with van der Waals surface area (Å²) in [6.07, 6.45) is 3.29. The zero-order valence-corrected chi connectivity index (χ0v) is 11.8. The van der Waals surface area contributed by atoms with E-state index in [1.54, 1.807) is 28.4 Å². The molecule has 0 fully saturated rings. The van der Waals surface area contributed by atoms with Crippen LogP contribution in [0.3, 0.4) is 0 Å². The lowest BCUT2D eigenvalue weighted by Gasteiger charge is -1.98. The van der Waals surface area contributed by atoms with E-state index >= 15 is 0 Å². The zero-order valence-electron chi connectivity index (χ0n) is 10.9. The van der Waals surface area contributed by atoms with E-state index in [9.17, 15) is 0 Å². The van der Waals surface area contributed by atoms with Gasteiger partial charge in [0.1, 0.15) is 11.1 Å². The highest BCUT2D eigenvalue weighted by Crippen LogP contribution is 2.23. The lowest BCUT2D eigenvalue weighted by molar-refractivity contribution is 0.683. The van der Waals surface area contributed by atoms with Crippen molar-refractivity contribution in [1.29, 1.82) is 5.26 Å². The Kier molecular flexibility index (Phi) is 3.32. The average molecular weight is 280 g/mol. The highest BCUT2D eigenvalue weighted by molar-refractivity contribution is 7.09. The van der Waals surface area contributed by atoms with Crippen molar-refractivity contribution in [2.75, 3.05) is 0 Å². The van der Waals surface area contributed by atoms with Gasteiger partial charge in [0, 0.05) is 17.1 Å². The van der Waals surface area contributed by atoms with Crippen molar-refractivity contribution in [1.82, 2.24) is 14.8 Å². The number of nitrogens with zero attached hydrogens (tertiary/aromatic N) is 4. The van der Waals surface area contributed by atoms with Gasteiger partial charge in [0.05, 0.1) is 24.0 Å².